The Labute approximate surface area is 158 Å². The minimum atomic E-state index is -0.616. The lowest BCUT2D eigenvalue weighted by molar-refractivity contribution is -0.149. The second kappa shape index (κ2) is 9.25. The van der Waals surface area contributed by atoms with E-state index in [0.29, 0.717) is 10.8 Å². The van der Waals surface area contributed by atoms with E-state index < -0.39 is 5.97 Å². The van der Waals surface area contributed by atoms with Crippen LogP contribution in [0, 0.1) is 13.8 Å². The van der Waals surface area contributed by atoms with Gasteiger partial charge in [-0.2, -0.15) is 0 Å². The van der Waals surface area contributed by atoms with Crippen molar-refractivity contribution in [1.82, 2.24) is 0 Å². The molecule has 0 fully saturated rings. The first-order valence-corrected chi connectivity index (χ1v) is 8.71. The number of esters is 1. The second-order valence-corrected chi connectivity index (χ2v) is 6.31. The number of carbonyl (C=O) groups excluding carboxylic acids is 2. The number of halogens is 1. The number of aryl methyl sites for hydroxylation is 3. The van der Waals surface area contributed by atoms with E-state index in [2.05, 4.69) is 5.32 Å². The minimum Gasteiger partial charge on any atom is -0.482 e. The van der Waals surface area contributed by atoms with Crippen LogP contribution in [0.2, 0.25) is 5.02 Å². The largest absolute Gasteiger partial charge is 0.482 e. The topological polar surface area (TPSA) is 64.6 Å². The lowest BCUT2D eigenvalue weighted by Gasteiger charge is -2.13. The SMILES string of the molecule is CCc1cccc(C)c1NC(=O)COC(=O)COc1ccc(Cl)cc1C. The van der Waals surface area contributed by atoms with E-state index in [1.807, 2.05) is 39.0 Å². The first-order chi connectivity index (χ1) is 12.4. The van der Waals surface area contributed by atoms with Crippen molar-refractivity contribution in [3.05, 3.63) is 58.1 Å². The molecule has 0 heterocycles. The van der Waals surface area contributed by atoms with E-state index in [-0.39, 0.29) is 19.1 Å². The Morgan fingerprint density at radius 1 is 1.08 bits per heavy atom. The van der Waals surface area contributed by atoms with E-state index >= 15 is 0 Å². The van der Waals surface area contributed by atoms with Crippen LogP contribution < -0.4 is 10.1 Å². The number of carbonyl (C=O) groups is 2. The maximum atomic E-state index is 12.1. The molecule has 2 rings (SSSR count). The number of amides is 1. The number of ether oxygens (including phenoxy) is 2. The highest BCUT2D eigenvalue weighted by Gasteiger charge is 2.12. The molecule has 6 heteroatoms. The molecule has 2 aromatic rings. The molecule has 0 aliphatic carbocycles. The van der Waals surface area contributed by atoms with Gasteiger partial charge in [0.1, 0.15) is 5.75 Å². The van der Waals surface area contributed by atoms with Gasteiger partial charge in [0.25, 0.3) is 5.91 Å². The van der Waals surface area contributed by atoms with Gasteiger partial charge in [-0.1, -0.05) is 36.7 Å². The molecule has 0 aliphatic rings. The quantitative estimate of drug-likeness (QED) is 0.740. The lowest BCUT2D eigenvalue weighted by atomic mass is 10.1. The Morgan fingerprint density at radius 3 is 2.54 bits per heavy atom. The molecule has 0 spiro atoms. The summed E-state index contributed by atoms with van der Waals surface area (Å²) in [5.74, 6) is -0.455. The molecule has 0 bridgehead atoms. The molecule has 0 radical (unpaired) electrons. The van der Waals surface area contributed by atoms with Crippen molar-refractivity contribution in [2.45, 2.75) is 27.2 Å². The van der Waals surface area contributed by atoms with Crippen molar-refractivity contribution < 1.29 is 19.1 Å². The number of benzene rings is 2. The van der Waals surface area contributed by atoms with Crippen LogP contribution in [-0.2, 0) is 20.7 Å². The first-order valence-electron chi connectivity index (χ1n) is 8.33. The Kier molecular flexibility index (Phi) is 7.04. The Balaban J connectivity index is 1.83. The molecule has 0 saturated heterocycles. The Bertz CT molecular complexity index is 804. The average molecular weight is 376 g/mol. The van der Waals surface area contributed by atoms with Gasteiger partial charge < -0.3 is 14.8 Å². The molecule has 0 saturated carbocycles. The van der Waals surface area contributed by atoms with Gasteiger partial charge in [0.05, 0.1) is 0 Å². The first kappa shape index (κ1) is 19.8. The van der Waals surface area contributed by atoms with Gasteiger partial charge in [-0.05, 0) is 55.2 Å². The van der Waals surface area contributed by atoms with E-state index in [1.54, 1.807) is 18.2 Å². The van der Waals surface area contributed by atoms with Gasteiger partial charge in [0.2, 0.25) is 0 Å². The number of anilines is 1. The van der Waals surface area contributed by atoms with Gasteiger partial charge in [-0.15, -0.1) is 0 Å². The van der Waals surface area contributed by atoms with Gasteiger partial charge in [0, 0.05) is 10.7 Å². The highest BCUT2D eigenvalue weighted by atomic mass is 35.5. The fourth-order valence-corrected chi connectivity index (χ4v) is 2.70. The summed E-state index contributed by atoms with van der Waals surface area (Å²) in [4.78, 5) is 23.8. The highest BCUT2D eigenvalue weighted by molar-refractivity contribution is 6.30. The Hall–Kier alpha value is -2.53. The van der Waals surface area contributed by atoms with Gasteiger partial charge in [-0.25, -0.2) is 4.79 Å². The van der Waals surface area contributed by atoms with Crippen LogP contribution in [-0.4, -0.2) is 25.1 Å². The van der Waals surface area contributed by atoms with Crippen LogP contribution >= 0.6 is 11.6 Å². The zero-order chi connectivity index (χ0) is 19.1. The maximum Gasteiger partial charge on any atom is 0.344 e. The molecule has 1 amide bonds. The summed E-state index contributed by atoms with van der Waals surface area (Å²) < 4.78 is 10.4. The van der Waals surface area contributed by atoms with Crippen LogP contribution in [0.1, 0.15) is 23.6 Å². The summed E-state index contributed by atoms with van der Waals surface area (Å²) in [6, 6.07) is 10.9. The molecule has 5 nitrogen and oxygen atoms in total. The third-order valence-electron chi connectivity index (χ3n) is 3.85. The smallest absolute Gasteiger partial charge is 0.344 e. The van der Waals surface area contributed by atoms with Crippen molar-refractivity contribution in [1.29, 1.82) is 0 Å². The molecular weight excluding hydrogens is 354 g/mol. The van der Waals surface area contributed by atoms with Crippen LogP contribution in [0.3, 0.4) is 0 Å². The normalized spacial score (nSPS) is 10.3. The zero-order valence-electron chi connectivity index (χ0n) is 15.1. The van der Waals surface area contributed by atoms with E-state index in [0.717, 1.165) is 28.8 Å². The fourth-order valence-electron chi connectivity index (χ4n) is 2.48. The number of nitrogens with one attached hydrogen (secondary N) is 1. The van der Waals surface area contributed by atoms with Crippen LogP contribution in [0.15, 0.2) is 36.4 Å². The Morgan fingerprint density at radius 2 is 1.85 bits per heavy atom. The minimum absolute atomic E-state index is 0.277. The van der Waals surface area contributed by atoms with Crippen LogP contribution in [0.25, 0.3) is 0 Å². The molecule has 2 aromatic carbocycles. The number of rotatable bonds is 7. The monoisotopic (exact) mass is 375 g/mol. The zero-order valence-corrected chi connectivity index (χ0v) is 15.9. The van der Waals surface area contributed by atoms with Crippen molar-refractivity contribution in [2.75, 3.05) is 18.5 Å². The summed E-state index contributed by atoms with van der Waals surface area (Å²) in [6.07, 6.45) is 0.797. The van der Waals surface area contributed by atoms with Gasteiger partial charge in [0.15, 0.2) is 13.2 Å². The second-order valence-electron chi connectivity index (χ2n) is 5.87. The van der Waals surface area contributed by atoms with E-state index in [1.165, 1.54) is 0 Å². The standard InChI is InChI=1S/C20H22ClNO4/c1-4-15-7-5-6-13(2)20(15)22-18(23)11-26-19(24)12-25-17-9-8-16(21)10-14(17)3/h5-10H,4,11-12H2,1-3H3,(H,22,23). The third kappa shape index (κ3) is 5.49. The highest BCUT2D eigenvalue weighted by Crippen LogP contribution is 2.22. The summed E-state index contributed by atoms with van der Waals surface area (Å²) in [7, 11) is 0. The number of hydrogen-bond acceptors (Lipinski definition) is 4. The molecule has 1 N–H and O–H groups in total. The predicted molar refractivity (Wildman–Crippen MR) is 102 cm³/mol. The molecule has 0 atom stereocenters. The molecule has 138 valence electrons. The maximum absolute atomic E-state index is 12.1. The van der Waals surface area contributed by atoms with Crippen molar-refractivity contribution in [3.63, 3.8) is 0 Å². The lowest BCUT2D eigenvalue weighted by Crippen LogP contribution is -2.24. The van der Waals surface area contributed by atoms with Gasteiger partial charge in [-0.3, -0.25) is 4.79 Å². The molecular formula is C20H22ClNO4. The molecule has 0 aromatic heterocycles. The fraction of sp³-hybridized carbons (Fsp3) is 0.300. The summed E-state index contributed by atoms with van der Waals surface area (Å²) >= 11 is 5.87. The average Bonchev–Trinajstić information content (AvgIpc) is 2.61. The number of para-hydroxylation sites is 1. The summed E-state index contributed by atoms with van der Waals surface area (Å²) in [5, 5.41) is 3.40. The molecule has 26 heavy (non-hydrogen) atoms. The predicted octanol–water partition coefficient (Wildman–Crippen LogP) is 4.08. The van der Waals surface area contributed by atoms with Crippen molar-refractivity contribution >= 4 is 29.2 Å². The van der Waals surface area contributed by atoms with Crippen LogP contribution in [0.4, 0.5) is 5.69 Å². The molecule has 0 aliphatic heterocycles. The van der Waals surface area contributed by atoms with E-state index in [9.17, 15) is 9.59 Å². The van der Waals surface area contributed by atoms with Crippen molar-refractivity contribution in [3.8, 4) is 5.75 Å². The van der Waals surface area contributed by atoms with Crippen LogP contribution in [0.5, 0.6) is 5.75 Å². The third-order valence-corrected chi connectivity index (χ3v) is 4.09. The number of hydrogen-bond donors (Lipinski definition) is 1. The molecule has 0 unspecified atom stereocenters. The van der Waals surface area contributed by atoms with E-state index in [4.69, 9.17) is 21.1 Å². The van der Waals surface area contributed by atoms with Gasteiger partial charge >= 0.3 is 5.97 Å². The summed E-state index contributed by atoms with van der Waals surface area (Å²) in [5.41, 5.74) is 3.58. The van der Waals surface area contributed by atoms with Crippen molar-refractivity contribution in [2.24, 2.45) is 0 Å². The summed E-state index contributed by atoms with van der Waals surface area (Å²) in [6.45, 7) is 5.12.